The van der Waals surface area contributed by atoms with Crippen LogP contribution in [-0.4, -0.2) is 17.6 Å². The summed E-state index contributed by atoms with van der Waals surface area (Å²) in [4.78, 5) is 4.06. The molecule has 1 unspecified atom stereocenters. The normalized spacial score (nSPS) is 19.6. The van der Waals surface area contributed by atoms with Crippen molar-refractivity contribution in [2.45, 2.75) is 51.0 Å². The molecule has 1 fully saturated rings. The molecular weight excluding hydrogens is 196 g/mol. The van der Waals surface area contributed by atoms with Gasteiger partial charge in [0.1, 0.15) is 0 Å². The SMILES string of the molecule is CC(CNC1CCCCC1)c1ccncc1. The van der Waals surface area contributed by atoms with Crippen molar-refractivity contribution in [3.8, 4) is 0 Å². The number of aromatic nitrogens is 1. The Balaban J connectivity index is 1.77. The summed E-state index contributed by atoms with van der Waals surface area (Å²) in [7, 11) is 0. The highest BCUT2D eigenvalue weighted by atomic mass is 14.9. The monoisotopic (exact) mass is 218 g/mol. The van der Waals surface area contributed by atoms with Crippen LogP contribution in [0.25, 0.3) is 0 Å². The lowest BCUT2D eigenvalue weighted by Crippen LogP contribution is -2.33. The van der Waals surface area contributed by atoms with Crippen LogP contribution in [0.4, 0.5) is 0 Å². The van der Waals surface area contributed by atoms with Crippen molar-refractivity contribution in [1.82, 2.24) is 10.3 Å². The van der Waals surface area contributed by atoms with Crippen LogP contribution >= 0.6 is 0 Å². The molecular formula is C14H22N2. The van der Waals surface area contributed by atoms with Crippen LogP contribution in [0.2, 0.25) is 0 Å². The number of nitrogens with one attached hydrogen (secondary N) is 1. The molecule has 2 nitrogen and oxygen atoms in total. The third-order valence-corrected chi connectivity index (χ3v) is 3.59. The van der Waals surface area contributed by atoms with Gasteiger partial charge in [0.15, 0.2) is 0 Å². The fraction of sp³-hybridized carbons (Fsp3) is 0.643. The Labute approximate surface area is 98.5 Å². The van der Waals surface area contributed by atoms with Gasteiger partial charge in [0.2, 0.25) is 0 Å². The molecule has 2 heteroatoms. The van der Waals surface area contributed by atoms with Crippen molar-refractivity contribution >= 4 is 0 Å². The van der Waals surface area contributed by atoms with Crippen molar-refractivity contribution in [2.24, 2.45) is 0 Å². The number of rotatable bonds is 4. The average Bonchev–Trinajstić information content (AvgIpc) is 2.38. The Morgan fingerprint density at radius 3 is 2.62 bits per heavy atom. The molecule has 1 aliphatic rings. The average molecular weight is 218 g/mol. The Morgan fingerprint density at radius 1 is 1.25 bits per heavy atom. The molecule has 0 amide bonds. The zero-order valence-corrected chi connectivity index (χ0v) is 10.2. The lowest BCUT2D eigenvalue weighted by molar-refractivity contribution is 0.367. The van der Waals surface area contributed by atoms with Gasteiger partial charge in [0.05, 0.1) is 0 Å². The summed E-state index contributed by atoms with van der Waals surface area (Å²) in [5, 5.41) is 3.70. The Bertz CT molecular complexity index is 291. The molecule has 0 bridgehead atoms. The first-order valence-corrected chi connectivity index (χ1v) is 6.49. The van der Waals surface area contributed by atoms with E-state index >= 15 is 0 Å². The van der Waals surface area contributed by atoms with Gasteiger partial charge in [0.25, 0.3) is 0 Å². The van der Waals surface area contributed by atoms with Gasteiger partial charge in [-0.05, 0) is 36.5 Å². The summed E-state index contributed by atoms with van der Waals surface area (Å²) in [6, 6.07) is 5.00. The van der Waals surface area contributed by atoms with Crippen LogP contribution in [0.5, 0.6) is 0 Å². The highest BCUT2D eigenvalue weighted by Crippen LogP contribution is 2.19. The number of pyridine rings is 1. The van der Waals surface area contributed by atoms with Crippen molar-refractivity contribution in [1.29, 1.82) is 0 Å². The van der Waals surface area contributed by atoms with Crippen LogP contribution in [0, 0.1) is 0 Å². The number of nitrogens with zero attached hydrogens (tertiary/aromatic N) is 1. The summed E-state index contributed by atoms with van der Waals surface area (Å²) in [6.45, 7) is 3.37. The third-order valence-electron chi connectivity index (χ3n) is 3.59. The van der Waals surface area contributed by atoms with E-state index in [1.165, 1.54) is 37.7 Å². The van der Waals surface area contributed by atoms with Crippen molar-refractivity contribution in [2.75, 3.05) is 6.54 Å². The molecule has 1 atom stereocenters. The lowest BCUT2D eigenvalue weighted by Gasteiger charge is -2.24. The molecule has 1 heterocycles. The first-order valence-electron chi connectivity index (χ1n) is 6.49. The maximum Gasteiger partial charge on any atom is 0.0270 e. The molecule has 0 aliphatic heterocycles. The van der Waals surface area contributed by atoms with E-state index in [0.29, 0.717) is 5.92 Å². The lowest BCUT2D eigenvalue weighted by atomic mass is 9.94. The number of hydrogen-bond acceptors (Lipinski definition) is 2. The van der Waals surface area contributed by atoms with E-state index in [1.54, 1.807) is 0 Å². The topological polar surface area (TPSA) is 24.9 Å². The van der Waals surface area contributed by atoms with Crippen LogP contribution in [-0.2, 0) is 0 Å². The Kier molecular flexibility index (Phi) is 4.34. The Morgan fingerprint density at radius 2 is 1.94 bits per heavy atom. The van der Waals surface area contributed by atoms with Gasteiger partial charge in [0, 0.05) is 25.0 Å². The molecule has 1 aromatic rings. The standard InChI is InChI=1S/C14H22N2/c1-12(13-7-9-15-10-8-13)11-16-14-5-3-2-4-6-14/h7-10,12,14,16H,2-6,11H2,1H3. The minimum atomic E-state index is 0.588. The van der Waals surface area contributed by atoms with Crippen molar-refractivity contribution in [3.05, 3.63) is 30.1 Å². The number of hydrogen-bond donors (Lipinski definition) is 1. The van der Waals surface area contributed by atoms with E-state index in [1.807, 2.05) is 12.4 Å². The van der Waals surface area contributed by atoms with E-state index < -0.39 is 0 Å². The van der Waals surface area contributed by atoms with Crippen LogP contribution in [0.1, 0.15) is 50.5 Å². The van der Waals surface area contributed by atoms with Crippen LogP contribution in [0.3, 0.4) is 0 Å². The summed E-state index contributed by atoms with van der Waals surface area (Å²) >= 11 is 0. The molecule has 0 radical (unpaired) electrons. The minimum Gasteiger partial charge on any atom is -0.313 e. The molecule has 16 heavy (non-hydrogen) atoms. The predicted octanol–water partition coefficient (Wildman–Crippen LogP) is 3.11. The predicted molar refractivity (Wildman–Crippen MR) is 67.5 cm³/mol. The highest BCUT2D eigenvalue weighted by Gasteiger charge is 2.14. The van der Waals surface area contributed by atoms with Gasteiger partial charge in [-0.3, -0.25) is 4.98 Å². The summed E-state index contributed by atoms with van der Waals surface area (Å²) in [6.07, 6.45) is 10.7. The van der Waals surface area contributed by atoms with Crippen molar-refractivity contribution < 1.29 is 0 Å². The summed E-state index contributed by atoms with van der Waals surface area (Å²) in [5.74, 6) is 0.588. The third kappa shape index (κ3) is 3.31. The van der Waals surface area contributed by atoms with Gasteiger partial charge in [-0.15, -0.1) is 0 Å². The van der Waals surface area contributed by atoms with Gasteiger partial charge < -0.3 is 5.32 Å². The zero-order valence-electron chi connectivity index (χ0n) is 10.2. The molecule has 0 spiro atoms. The largest absolute Gasteiger partial charge is 0.313 e. The van der Waals surface area contributed by atoms with Gasteiger partial charge >= 0.3 is 0 Å². The fourth-order valence-electron chi connectivity index (χ4n) is 2.46. The first kappa shape index (κ1) is 11.6. The molecule has 0 aromatic carbocycles. The fourth-order valence-corrected chi connectivity index (χ4v) is 2.46. The summed E-state index contributed by atoms with van der Waals surface area (Å²) in [5.41, 5.74) is 1.39. The van der Waals surface area contributed by atoms with Gasteiger partial charge in [-0.25, -0.2) is 0 Å². The van der Waals surface area contributed by atoms with E-state index in [-0.39, 0.29) is 0 Å². The quantitative estimate of drug-likeness (QED) is 0.840. The molecule has 1 saturated carbocycles. The first-order chi connectivity index (χ1) is 7.86. The maximum atomic E-state index is 4.06. The second kappa shape index (κ2) is 6.00. The van der Waals surface area contributed by atoms with Gasteiger partial charge in [-0.1, -0.05) is 26.2 Å². The second-order valence-corrected chi connectivity index (χ2v) is 4.92. The van der Waals surface area contributed by atoms with E-state index in [0.717, 1.165) is 12.6 Å². The van der Waals surface area contributed by atoms with E-state index in [2.05, 4.69) is 29.4 Å². The zero-order chi connectivity index (χ0) is 11.2. The molecule has 1 N–H and O–H groups in total. The Hall–Kier alpha value is -0.890. The van der Waals surface area contributed by atoms with Crippen LogP contribution < -0.4 is 5.32 Å². The second-order valence-electron chi connectivity index (χ2n) is 4.92. The summed E-state index contributed by atoms with van der Waals surface area (Å²) < 4.78 is 0. The van der Waals surface area contributed by atoms with E-state index in [4.69, 9.17) is 0 Å². The molecule has 1 aromatic heterocycles. The molecule has 0 saturated heterocycles. The molecule has 2 rings (SSSR count). The maximum absolute atomic E-state index is 4.06. The molecule has 88 valence electrons. The smallest absolute Gasteiger partial charge is 0.0270 e. The minimum absolute atomic E-state index is 0.588. The highest BCUT2D eigenvalue weighted by molar-refractivity contribution is 5.15. The van der Waals surface area contributed by atoms with Crippen molar-refractivity contribution in [3.63, 3.8) is 0 Å². The van der Waals surface area contributed by atoms with Gasteiger partial charge in [-0.2, -0.15) is 0 Å². The van der Waals surface area contributed by atoms with Crippen LogP contribution in [0.15, 0.2) is 24.5 Å². The molecule has 1 aliphatic carbocycles. The van der Waals surface area contributed by atoms with E-state index in [9.17, 15) is 0 Å².